The Morgan fingerprint density at radius 2 is 2.38 bits per heavy atom. The summed E-state index contributed by atoms with van der Waals surface area (Å²) in [7, 11) is 0. The molecule has 0 spiro atoms. The Labute approximate surface area is 56.9 Å². The first-order valence-corrected chi connectivity index (χ1v) is 4.37. The molecule has 8 heavy (non-hydrogen) atoms. The van der Waals surface area contributed by atoms with Crippen LogP contribution in [0.5, 0.6) is 0 Å². The lowest BCUT2D eigenvalue weighted by molar-refractivity contribution is 1.59. The Morgan fingerprint density at radius 3 is 2.62 bits per heavy atom. The molecule has 1 rings (SSSR count). The number of nitrogens with two attached hydrogens (primary N) is 1. The van der Waals surface area contributed by atoms with Gasteiger partial charge in [-0.2, -0.15) is 0 Å². The van der Waals surface area contributed by atoms with Crippen LogP contribution in [0.3, 0.4) is 0 Å². The first kappa shape index (κ1) is 5.98. The molecule has 1 aromatic heterocycles. The van der Waals surface area contributed by atoms with Gasteiger partial charge in [0.05, 0.1) is 5.69 Å². The van der Waals surface area contributed by atoms with Crippen LogP contribution in [0.1, 0.15) is 0 Å². The molecule has 0 amide bonds. The van der Waals surface area contributed by atoms with Crippen molar-refractivity contribution < 1.29 is 0 Å². The van der Waals surface area contributed by atoms with Gasteiger partial charge in [0.15, 0.2) is 0 Å². The van der Waals surface area contributed by atoms with Gasteiger partial charge in [-0.05, 0) is 6.26 Å². The first-order valence-electron chi connectivity index (χ1n) is 2.20. The van der Waals surface area contributed by atoms with Crippen molar-refractivity contribution in [3.8, 4) is 0 Å². The maximum absolute atomic E-state index is 5.54. The highest BCUT2D eigenvalue weighted by molar-refractivity contribution is 7.98. The Kier molecular flexibility index (Phi) is 1.81. The quantitative estimate of drug-likeness (QED) is 0.612. The second kappa shape index (κ2) is 2.42. The fourth-order valence-electron chi connectivity index (χ4n) is 0.461. The van der Waals surface area contributed by atoms with Crippen LogP contribution in [-0.4, -0.2) is 6.26 Å². The van der Waals surface area contributed by atoms with Gasteiger partial charge in [-0.1, -0.05) is 0 Å². The Bertz CT molecular complexity index is 171. The van der Waals surface area contributed by atoms with Crippen molar-refractivity contribution in [3.63, 3.8) is 0 Å². The zero-order valence-corrected chi connectivity index (χ0v) is 6.18. The highest BCUT2D eigenvalue weighted by Gasteiger charge is 1.93. The molecule has 1 aromatic rings. The molecule has 44 valence electrons. The molecule has 0 aliphatic heterocycles. The topological polar surface area (TPSA) is 26.0 Å². The Balaban J connectivity index is 2.92. The van der Waals surface area contributed by atoms with Crippen molar-refractivity contribution in [2.45, 2.75) is 4.90 Å². The van der Waals surface area contributed by atoms with Crippen LogP contribution >= 0.6 is 23.1 Å². The molecule has 0 unspecified atom stereocenters. The van der Waals surface area contributed by atoms with Crippen LogP contribution < -0.4 is 5.73 Å². The summed E-state index contributed by atoms with van der Waals surface area (Å²) < 4.78 is 0. The Hall–Kier alpha value is -0.150. The lowest BCUT2D eigenvalue weighted by atomic mass is 10.6. The van der Waals surface area contributed by atoms with E-state index in [1.165, 1.54) is 4.90 Å². The van der Waals surface area contributed by atoms with Gasteiger partial charge >= 0.3 is 0 Å². The number of hydrogen-bond donors (Lipinski definition) is 1. The minimum atomic E-state index is 0.905. The number of anilines is 1. The molecule has 0 fully saturated rings. The number of hydrogen-bond acceptors (Lipinski definition) is 3. The van der Waals surface area contributed by atoms with Gasteiger partial charge < -0.3 is 5.73 Å². The summed E-state index contributed by atoms with van der Waals surface area (Å²) in [5.41, 5.74) is 6.45. The molecule has 0 atom stereocenters. The summed E-state index contributed by atoms with van der Waals surface area (Å²) in [6, 6.07) is 0. The highest BCUT2D eigenvalue weighted by atomic mass is 32.2. The standard InChI is InChI=1S/C5H7NS2/c1-7-5-3-8-2-4(5)6/h2-3H,6H2,1H3. The zero-order valence-electron chi connectivity index (χ0n) is 4.55. The third kappa shape index (κ3) is 0.980. The summed E-state index contributed by atoms with van der Waals surface area (Å²) in [5, 5.41) is 4.01. The number of rotatable bonds is 1. The predicted octanol–water partition coefficient (Wildman–Crippen LogP) is 2.05. The minimum Gasteiger partial charge on any atom is -0.397 e. The summed E-state index contributed by atoms with van der Waals surface area (Å²) in [6.07, 6.45) is 2.03. The van der Waals surface area contributed by atoms with E-state index in [-0.39, 0.29) is 0 Å². The van der Waals surface area contributed by atoms with Crippen LogP contribution in [0, 0.1) is 0 Å². The van der Waals surface area contributed by atoms with E-state index in [0.29, 0.717) is 0 Å². The van der Waals surface area contributed by atoms with Crippen LogP contribution in [0.2, 0.25) is 0 Å². The van der Waals surface area contributed by atoms with E-state index in [0.717, 1.165) is 5.69 Å². The van der Waals surface area contributed by atoms with Gasteiger partial charge in [-0.15, -0.1) is 23.1 Å². The van der Waals surface area contributed by atoms with Crippen LogP contribution in [0.15, 0.2) is 15.7 Å². The summed E-state index contributed by atoms with van der Waals surface area (Å²) in [6.45, 7) is 0. The van der Waals surface area contributed by atoms with E-state index in [1.807, 2.05) is 11.6 Å². The summed E-state index contributed by atoms with van der Waals surface area (Å²) in [4.78, 5) is 1.19. The molecule has 0 aromatic carbocycles. The minimum absolute atomic E-state index is 0.905. The molecule has 1 nitrogen and oxygen atoms in total. The molecule has 2 N–H and O–H groups in total. The van der Waals surface area contributed by atoms with Crippen LogP contribution in [0.25, 0.3) is 0 Å². The Morgan fingerprint density at radius 1 is 1.62 bits per heavy atom. The molecular weight excluding hydrogens is 138 g/mol. The van der Waals surface area contributed by atoms with Crippen molar-refractivity contribution in [2.24, 2.45) is 0 Å². The second-order valence-electron chi connectivity index (χ2n) is 1.40. The van der Waals surface area contributed by atoms with Gasteiger partial charge in [0.25, 0.3) is 0 Å². The largest absolute Gasteiger partial charge is 0.397 e. The lowest BCUT2D eigenvalue weighted by Crippen LogP contribution is -1.79. The van der Waals surface area contributed by atoms with Gasteiger partial charge in [0.1, 0.15) is 0 Å². The fraction of sp³-hybridized carbons (Fsp3) is 0.200. The maximum Gasteiger partial charge on any atom is 0.0560 e. The monoisotopic (exact) mass is 145 g/mol. The third-order valence-electron chi connectivity index (χ3n) is 0.875. The fourth-order valence-corrected chi connectivity index (χ4v) is 1.98. The van der Waals surface area contributed by atoms with E-state index in [4.69, 9.17) is 5.73 Å². The predicted molar refractivity (Wildman–Crippen MR) is 40.5 cm³/mol. The van der Waals surface area contributed by atoms with Crippen molar-refractivity contribution in [2.75, 3.05) is 12.0 Å². The van der Waals surface area contributed by atoms with Gasteiger partial charge in [-0.3, -0.25) is 0 Å². The van der Waals surface area contributed by atoms with E-state index < -0.39 is 0 Å². The van der Waals surface area contributed by atoms with Gasteiger partial charge in [0.2, 0.25) is 0 Å². The molecule has 1 heterocycles. The maximum atomic E-state index is 5.54. The number of thioether (sulfide) groups is 1. The smallest absolute Gasteiger partial charge is 0.0560 e. The van der Waals surface area contributed by atoms with Crippen molar-refractivity contribution in [1.29, 1.82) is 0 Å². The molecule has 0 aliphatic rings. The van der Waals surface area contributed by atoms with E-state index >= 15 is 0 Å². The third-order valence-corrected chi connectivity index (χ3v) is 2.58. The normalized spacial score (nSPS) is 9.62. The van der Waals surface area contributed by atoms with E-state index in [1.54, 1.807) is 23.1 Å². The average Bonchev–Trinajstić information content (AvgIpc) is 2.14. The lowest BCUT2D eigenvalue weighted by Gasteiger charge is -1.88. The average molecular weight is 145 g/mol. The van der Waals surface area contributed by atoms with E-state index in [9.17, 15) is 0 Å². The molecular formula is C5H7NS2. The SMILES string of the molecule is CSc1cscc1N. The second-order valence-corrected chi connectivity index (χ2v) is 2.99. The molecule has 0 saturated carbocycles. The molecule has 0 radical (unpaired) electrons. The van der Waals surface area contributed by atoms with E-state index in [2.05, 4.69) is 5.38 Å². The zero-order chi connectivity index (χ0) is 5.98. The van der Waals surface area contributed by atoms with Crippen LogP contribution in [0.4, 0.5) is 5.69 Å². The first-order chi connectivity index (χ1) is 3.84. The summed E-state index contributed by atoms with van der Waals surface area (Å²) in [5.74, 6) is 0. The highest BCUT2D eigenvalue weighted by Crippen LogP contribution is 2.25. The number of thiophene rings is 1. The molecule has 0 bridgehead atoms. The van der Waals surface area contributed by atoms with Gasteiger partial charge in [0, 0.05) is 15.7 Å². The van der Waals surface area contributed by atoms with Crippen molar-refractivity contribution >= 4 is 28.8 Å². The van der Waals surface area contributed by atoms with Gasteiger partial charge in [-0.25, -0.2) is 0 Å². The molecule has 0 aliphatic carbocycles. The number of nitrogen functional groups attached to an aromatic ring is 1. The van der Waals surface area contributed by atoms with Crippen molar-refractivity contribution in [3.05, 3.63) is 10.8 Å². The molecule has 3 heteroatoms. The van der Waals surface area contributed by atoms with Crippen molar-refractivity contribution in [1.82, 2.24) is 0 Å². The summed E-state index contributed by atoms with van der Waals surface area (Å²) >= 11 is 3.33. The molecule has 0 saturated heterocycles. The van der Waals surface area contributed by atoms with Crippen LogP contribution in [-0.2, 0) is 0 Å².